The van der Waals surface area contributed by atoms with E-state index in [1.165, 1.54) is 60.1 Å². The summed E-state index contributed by atoms with van der Waals surface area (Å²) >= 11 is 0. The van der Waals surface area contributed by atoms with Gasteiger partial charge in [-0.05, 0) is 85.4 Å². The van der Waals surface area contributed by atoms with E-state index in [1.54, 1.807) is 0 Å². The van der Waals surface area contributed by atoms with Crippen LogP contribution in [0.25, 0.3) is 65.7 Å². The van der Waals surface area contributed by atoms with Crippen molar-refractivity contribution < 1.29 is 4.74 Å². The first kappa shape index (κ1) is 21.2. The Morgan fingerprint density at radius 2 is 1.03 bits per heavy atom. The molecule has 0 saturated carbocycles. The maximum absolute atomic E-state index is 6.48. The fourth-order valence-corrected chi connectivity index (χ4v) is 6.20. The summed E-state index contributed by atoms with van der Waals surface area (Å²) in [5, 5.41) is 7.50. The molecular weight excluding hydrogens is 460 g/mol. The number of hydrogen-bond donors (Lipinski definition) is 0. The van der Waals surface area contributed by atoms with Crippen molar-refractivity contribution in [2.24, 2.45) is 0 Å². The molecule has 1 nitrogen and oxygen atoms in total. The minimum atomic E-state index is 0.909. The Bertz CT molecular complexity index is 2060. The molecule has 0 unspecified atom stereocenters. The second kappa shape index (κ2) is 8.06. The number of hydrogen-bond acceptors (Lipinski definition) is 1. The molecule has 8 rings (SSSR count). The van der Waals surface area contributed by atoms with Gasteiger partial charge in [-0.3, -0.25) is 0 Å². The lowest BCUT2D eigenvalue weighted by molar-refractivity contribution is 0.487. The zero-order valence-corrected chi connectivity index (χ0v) is 21.0. The first-order chi connectivity index (χ1) is 18.8. The van der Waals surface area contributed by atoms with Gasteiger partial charge in [-0.2, -0.15) is 0 Å². The van der Waals surface area contributed by atoms with E-state index in [2.05, 4.69) is 134 Å². The zero-order valence-electron chi connectivity index (χ0n) is 21.0. The molecule has 0 radical (unpaired) electrons. The first-order valence-electron chi connectivity index (χ1n) is 13.1. The second-order valence-electron chi connectivity index (χ2n) is 10.2. The fourth-order valence-electron chi connectivity index (χ4n) is 6.20. The fraction of sp³-hybridized carbons (Fsp3) is 0.0270. The third kappa shape index (κ3) is 3.06. The molecule has 0 atom stereocenters. The highest BCUT2D eigenvalue weighted by Crippen LogP contribution is 2.48. The van der Waals surface area contributed by atoms with Crippen molar-refractivity contribution in [1.29, 1.82) is 0 Å². The van der Waals surface area contributed by atoms with Crippen LogP contribution in [0.1, 0.15) is 5.56 Å². The highest BCUT2D eigenvalue weighted by molar-refractivity contribution is 6.10. The predicted octanol–water partition coefficient (Wildman–Crippen LogP) is 10.6. The van der Waals surface area contributed by atoms with Gasteiger partial charge in [-0.1, -0.05) is 109 Å². The van der Waals surface area contributed by atoms with Crippen LogP contribution in [0.3, 0.4) is 0 Å². The lowest BCUT2D eigenvalue weighted by Crippen LogP contribution is -1.97. The summed E-state index contributed by atoms with van der Waals surface area (Å²) in [5.74, 6) is 1.83. The molecule has 178 valence electrons. The zero-order chi connectivity index (χ0) is 25.2. The van der Waals surface area contributed by atoms with Crippen LogP contribution in [-0.4, -0.2) is 0 Å². The van der Waals surface area contributed by atoms with E-state index in [0.717, 1.165) is 22.6 Å². The summed E-state index contributed by atoms with van der Waals surface area (Å²) in [6.07, 6.45) is 0. The van der Waals surface area contributed by atoms with Crippen molar-refractivity contribution in [3.05, 3.63) is 133 Å². The van der Waals surface area contributed by atoms with Crippen LogP contribution in [-0.2, 0) is 0 Å². The summed E-state index contributed by atoms with van der Waals surface area (Å²) in [6, 6.07) is 45.9. The van der Waals surface area contributed by atoms with Crippen molar-refractivity contribution in [2.45, 2.75) is 6.92 Å². The normalized spacial score (nSPS) is 12.0. The maximum atomic E-state index is 6.48. The topological polar surface area (TPSA) is 9.23 Å². The highest BCUT2D eigenvalue weighted by atomic mass is 16.5. The van der Waals surface area contributed by atoms with Gasteiger partial charge in [-0.25, -0.2) is 0 Å². The van der Waals surface area contributed by atoms with Gasteiger partial charge >= 0.3 is 0 Å². The number of benzene rings is 7. The molecule has 1 aliphatic heterocycles. The molecule has 1 heteroatoms. The molecule has 0 fully saturated rings. The van der Waals surface area contributed by atoms with Gasteiger partial charge in [0.1, 0.15) is 11.5 Å². The molecule has 38 heavy (non-hydrogen) atoms. The number of ether oxygens (including phenoxy) is 1. The second-order valence-corrected chi connectivity index (χ2v) is 10.2. The quantitative estimate of drug-likeness (QED) is 0.237. The Balaban J connectivity index is 1.32. The van der Waals surface area contributed by atoms with E-state index < -0.39 is 0 Å². The Morgan fingerprint density at radius 1 is 0.421 bits per heavy atom. The third-order valence-corrected chi connectivity index (χ3v) is 8.03. The molecule has 0 amide bonds. The summed E-state index contributed by atoms with van der Waals surface area (Å²) in [4.78, 5) is 0. The summed E-state index contributed by atoms with van der Waals surface area (Å²) in [7, 11) is 0. The lowest BCUT2D eigenvalue weighted by Gasteiger charge is -2.22. The molecule has 0 aliphatic carbocycles. The van der Waals surface area contributed by atoms with Gasteiger partial charge < -0.3 is 4.74 Å². The van der Waals surface area contributed by atoms with Crippen LogP contribution in [0.2, 0.25) is 0 Å². The summed E-state index contributed by atoms with van der Waals surface area (Å²) in [5.41, 5.74) is 8.58. The molecule has 1 aliphatic rings. The summed E-state index contributed by atoms with van der Waals surface area (Å²) < 4.78 is 6.48. The molecule has 0 N–H and O–H groups in total. The van der Waals surface area contributed by atoms with E-state index in [4.69, 9.17) is 4.74 Å². The van der Waals surface area contributed by atoms with Crippen LogP contribution < -0.4 is 4.74 Å². The van der Waals surface area contributed by atoms with E-state index >= 15 is 0 Å². The van der Waals surface area contributed by atoms with Crippen LogP contribution in [0.4, 0.5) is 0 Å². The SMILES string of the molecule is Cc1ccc(-c2ccc(-c3ccc4c(c3)Oc3cccc5cccc-4c35)c3ccccc23)c2ccccc12. The number of aryl methyl sites for hydroxylation is 1. The predicted molar refractivity (Wildman–Crippen MR) is 160 cm³/mol. The van der Waals surface area contributed by atoms with Gasteiger partial charge in [0.2, 0.25) is 0 Å². The van der Waals surface area contributed by atoms with E-state index in [1.807, 2.05) is 0 Å². The van der Waals surface area contributed by atoms with Gasteiger partial charge in [0, 0.05) is 10.9 Å². The van der Waals surface area contributed by atoms with Gasteiger partial charge in [0.05, 0.1) is 0 Å². The number of fused-ring (bicyclic) bond motifs is 4. The van der Waals surface area contributed by atoms with Gasteiger partial charge in [0.15, 0.2) is 0 Å². The van der Waals surface area contributed by atoms with Crippen molar-refractivity contribution in [3.8, 4) is 44.9 Å². The smallest absolute Gasteiger partial charge is 0.135 e. The monoisotopic (exact) mass is 484 g/mol. The van der Waals surface area contributed by atoms with E-state index in [9.17, 15) is 0 Å². The Hall–Kier alpha value is -4.88. The van der Waals surface area contributed by atoms with Crippen LogP contribution in [0.5, 0.6) is 11.5 Å². The molecular formula is C37H24O. The van der Waals surface area contributed by atoms with Crippen molar-refractivity contribution >= 4 is 32.3 Å². The molecule has 1 heterocycles. The van der Waals surface area contributed by atoms with Gasteiger partial charge in [0.25, 0.3) is 0 Å². The average Bonchev–Trinajstić information content (AvgIpc) is 2.97. The highest BCUT2D eigenvalue weighted by Gasteiger charge is 2.21. The molecule has 7 aromatic rings. The van der Waals surface area contributed by atoms with E-state index in [-0.39, 0.29) is 0 Å². The molecule has 0 saturated heterocycles. The van der Waals surface area contributed by atoms with Crippen LogP contribution in [0.15, 0.2) is 127 Å². The molecule has 0 bridgehead atoms. The molecule has 0 aromatic heterocycles. The lowest BCUT2D eigenvalue weighted by atomic mass is 9.88. The minimum absolute atomic E-state index is 0.909. The van der Waals surface area contributed by atoms with Crippen LogP contribution in [0, 0.1) is 6.92 Å². The Morgan fingerprint density at radius 3 is 1.82 bits per heavy atom. The summed E-state index contributed by atoms with van der Waals surface area (Å²) in [6.45, 7) is 2.18. The Kier molecular flexibility index (Phi) is 4.50. The molecule has 0 spiro atoms. The first-order valence-corrected chi connectivity index (χ1v) is 13.1. The molecule has 7 aromatic carbocycles. The minimum Gasteiger partial charge on any atom is -0.456 e. The standard InChI is InChI=1S/C37H24O/c1-23-16-18-31(28-11-3-2-10-26(23)28)32-21-20-27(29-12-4-5-13-30(29)32)25-17-19-33-34-14-6-8-24-9-7-15-35(37(24)34)38-36(33)22-25/h2-22H,1H3. The van der Waals surface area contributed by atoms with Crippen molar-refractivity contribution in [1.82, 2.24) is 0 Å². The Labute approximate surface area is 221 Å². The van der Waals surface area contributed by atoms with E-state index in [0.29, 0.717) is 0 Å². The van der Waals surface area contributed by atoms with Crippen LogP contribution >= 0.6 is 0 Å². The average molecular weight is 485 g/mol. The third-order valence-electron chi connectivity index (χ3n) is 8.03. The van der Waals surface area contributed by atoms with Crippen molar-refractivity contribution in [3.63, 3.8) is 0 Å². The largest absolute Gasteiger partial charge is 0.456 e. The van der Waals surface area contributed by atoms with Crippen molar-refractivity contribution in [2.75, 3.05) is 0 Å². The number of rotatable bonds is 2. The van der Waals surface area contributed by atoms with Gasteiger partial charge in [-0.15, -0.1) is 0 Å². The maximum Gasteiger partial charge on any atom is 0.135 e.